The minimum absolute atomic E-state index is 0.0254. The molecule has 0 rings (SSSR count). The Balaban J connectivity index is 5.31. The van der Waals surface area contributed by atoms with E-state index < -0.39 is 60.6 Å². The van der Waals surface area contributed by atoms with Crippen LogP contribution < -0.4 is 10.5 Å². The summed E-state index contributed by atoms with van der Waals surface area (Å²) in [5.41, 5.74) is -5.67. The highest BCUT2D eigenvalue weighted by Gasteiger charge is 2.45. The fraction of sp³-hybridized carbons (Fsp3) is 0.900. The normalized spacial score (nSPS) is 15.1. The molecule has 1 unspecified atom stereocenters. The van der Waals surface area contributed by atoms with E-state index in [1.807, 2.05) is 39.6 Å². The van der Waals surface area contributed by atoms with E-state index in [1.54, 1.807) is 62.3 Å². The number of aliphatic carboxylic acids is 1. The van der Waals surface area contributed by atoms with Crippen molar-refractivity contribution in [2.75, 3.05) is 32.6 Å². The van der Waals surface area contributed by atoms with E-state index in [1.165, 1.54) is 0 Å². The highest BCUT2D eigenvalue weighted by atomic mass is 32.2. The van der Waals surface area contributed by atoms with Gasteiger partial charge in [-0.3, -0.25) is 29.4 Å². The standard InChI is InChI=1S/C40H77N3O9S/c1-28(44)34(4,5)26-36(8,9)40(16,17)52-23-21-37(10,11)51-24-22-43(18)39(14,15)30(45)20-19-29(31(46)47)42-38(12,13)32(48)35(6,7)25-33(2,3)27-53(41,49)50/h29,42H,19-27H2,1-18H3,(H,46,47)(H2,41,49,50). The molecule has 0 fully saturated rings. The van der Waals surface area contributed by atoms with Gasteiger partial charge in [0.15, 0.2) is 11.6 Å². The number of carboxylic acid groups (broad SMARTS) is 1. The van der Waals surface area contributed by atoms with Gasteiger partial charge in [-0.05, 0) is 106 Å². The van der Waals surface area contributed by atoms with Crippen molar-refractivity contribution in [1.29, 1.82) is 0 Å². The monoisotopic (exact) mass is 776 g/mol. The molecule has 13 heteroatoms. The minimum atomic E-state index is -3.77. The number of hydrogen-bond acceptors (Lipinski definition) is 10. The van der Waals surface area contributed by atoms with Crippen LogP contribution in [0.5, 0.6) is 0 Å². The topological polar surface area (TPSA) is 182 Å². The number of carbonyl (C=O) groups excluding carboxylic acids is 3. The number of nitrogens with one attached hydrogen (secondary N) is 1. The number of ketones is 3. The van der Waals surface area contributed by atoms with Crippen LogP contribution in [0, 0.1) is 21.7 Å². The fourth-order valence-electron chi connectivity index (χ4n) is 7.27. The lowest BCUT2D eigenvalue weighted by Gasteiger charge is -2.45. The molecule has 0 heterocycles. The molecule has 0 radical (unpaired) electrons. The van der Waals surface area contributed by atoms with Crippen LogP contribution in [0.3, 0.4) is 0 Å². The number of Topliss-reactive ketones (excluding diaryl/α,β-unsaturated/α-hetero) is 3. The predicted octanol–water partition coefficient (Wildman–Crippen LogP) is 6.18. The number of ether oxygens (including phenoxy) is 2. The molecule has 12 nitrogen and oxygen atoms in total. The van der Waals surface area contributed by atoms with E-state index >= 15 is 0 Å². The summed E-state index contributed by atoms with van der Waals surface area (Å²) in [5.74, 6) is -1.74. The van der Waals surface area contributed by atoms with Crippen LogP contribution in [0.15, 0.2) is 0 Å². The number of carbonyl (C=O) groups is 4. The minimum Gasteiger partial charge on any atom is -0.480 e. The van der Waals surface area contributed by atoms with Crippen molar-refractivity contribution >= 4 is 33.3 Å². The average Bonchev–Trinajstić information content (AvgIpc) is 2.91. The highest BCUT2D eigenvalue weighted by Crippen LogP contribution is 2.44. The quantitative estimate of drug-likeness (QED) is 0.0913. The van der Waals surface area contributed by atoms with Gasteiger partial charge in [0.05, 0.1) is 41.2 Å². The van der Waals surface area contributed by atoms with Crippen molar-refractivity contribution in [1.82, 2.24) is 10.2 Å². The van der Waals surface area contributed by atoms with Gasteiger partial charge >= 0.3 is 5.97 Å². The lowest BCUT2D eigenvalue weighted by molar-refractivity contribution is -0.142. The summed E-state index contributed by atoms with van der Waals surface area (Å²) in [6.45, 7) is 32.9. The molecular weight excluding hydrogens is 699 g/mol. The van der Waals surface area contributed by atoms with Crippen molar-refractivity contribution in [2.45, 2.75) is 178 Å². The number of likely N-dealkylation sites (N-methyl/N-ethyl adjacent to an activating group) is 1. The van der Waals surface area contributed by atoms with Crippen molar-refractivity contribution in [2.24, 2.45) is 26.8 Å². The van der Waals surface area contributed by atoms with Gasteiger partial charge in [-0.1, -0.05) is 55.4 Å². The first-order chi connectivity index (χ1) is 23.2. The molecule has 0 aliphatic carbocycles. The molecule has 0 bridgehead atoms. The Kier molecular flexibility index (Phi) is 17.4. The van der Waals surface area contributed by atoms with E-state index in [9.17, 15) is 32.7 Å². The molecule has 0 aromatic carbocycles. The zero-order chi connectivity index (χ0) is 42.4. The number of sulfonamides is 1. The second kappa shape index (κ2) is 18.0. The highest BCUT2D eigenvalue weighted by molar-refractivity contribution is 7.89. The molecule has 0 aliphatic heterocycles. The molecule has 53 heavy (non-hydrogen) atoms. The third-order valence-corrected chi connectivity index (χ3v) is 12.6. The summed E-state index contributed by atoms with van der Waals surface area (Å²) in [4.78, 5) is 53.6. The molecular formula is C40H77N3O9S. The van der Waals surface area contributed by atoms with E-state index in [-0.39, 0.29) is 47.8 Å². The number of rotatable bonds is 26. The number of hydrogen-bond donors (Lipinski definition) is 3. The molecule has 0 aromatic rings. The number of nitrogens with two attached hydrogens (primary N) is 1. The van der Waals surface area contributed by atoms with Gasteiger partial charge in [-0.15, -0.1) is 0 Å². The smallest absolute Gasteiger partial charge is 0.320 e. The van der Waals surface area contributed by atoms with Gasteiger partial charge in [0, 0.05) is 23.8 Å². The van der Waals surface area contributed by atoms with Crippen LogP contribution in [0.4, 0.5) is 0 Å². The summed E-state index contributed by atoms with van der Waals surface area (Å²) in [7, 11) is -1.94. The second-order valence-corrected chi connectivity index (χ2v) is 21.8. The lowest BCUT2D eigenvalue weighted by Crippen LogP contribution is -2.58. The van der Waals surface area contributed by atoms with Crippen molar-refractivity contribution in [3.8, 4) is 0 Å². The van der Waals surface area contributed by atoms with E-state index in [4.69, 9.17) is 14.6 Å². The third kappa shape index (κ3) is 16.5. The van der Waals surface area contributed by atoms with Crippen LogP contribution in [0.1, 0.15) is 150 Å². The van der Waals surface area contributed by atoms with Crippen LogP contribution in [-0.2, 0) is 38.7 Å². The summed E-state index contributed by atoms with van der Waals surface area (Å²) < 4.78 is 36.1. The van der Waals surface area contributed by atoms with Gasteiger partial charge < -0.3 is 14.6 Å². The molecule has 4 N–H and O–H groups in total. The summed E-state index contributed by atoms with van der Waals surface area (Å²) in [6, 6.07) is -1.17. The number of primary sulfonamides is 1. The first-order valence-corrected chi connectivity index (χ1v) is 20.5. The molecule has 0 aliphatic rings. The molecule has 0 aromatic heterocycles. The van der Waals surface area contributed by atoms with Crippen molar-refractivity contribution < 1.29 is 42.2 Å². The van der Waals surface area contributed by atoms with Crippen LogP contribution >= 0.6 is 0 Å². The largest absolute Gasteiger partial charge is 0.480 e. The lowest BCUT2D eigenvalue weighted by atomic mass is 9.66. The summed E-state index contributed by atoms with van der Waals surface area (Å²) in [6.07, 6.45) is 1.49. The molecule has 0 saturated carbocycles. The predicted molar refractivity (Wildman–Crippen MR) is 212 cm³/mol. The van der Waals surface area contributed by atoms with E-state index in [0.29, 0.717) is 32.6 Å². The van der Waals surface area contributed by atoms with Crippen molar-refractivity contribution in [3.05, 3.63) is 0 Å². The third-order valence-electron chi connectivity index (χ3n) is 11.4. The Bertz CT molecular complexity index is 1390. The molecule has 312 valence electrons. The van der Waals surface area contributed by atoms with Gasteiger partial charge in [-0.25, -0.2) is 13.6 Å². The van der Waals surface area contributed by atoms with Crippen molar-refractivity contribution in [3.63, 3.8) is 0 Å². The van der Waals surface area contributed by atoms with Crippen LogP contribution in [-0.4, -0.2) is 103 Å². The summed E-state index contributed by atoms with van der Waals surface area (Å²) >= 11 is 0. The molecule has 0 saturated heterocycles. The average molecular weight is 776 g/mol. The fourth-order valence-corrected chi connectivity index (χ4v) is 8.46. The van der Waals surface area contributed by atoms with Crippen LogP contribution in [0.25, 0.3) is 0 Å². The number of carboxylic acids is 1. The Hall–Kier alpha value is -1.77. The van der Waals surface area contributed by atoms with Gasteiger partial charge in [0.25, 0.3) is 0 Å². The van der Waals surface area contributed by atoms with Gasteiger partial charge in [0.2, 0.25) is 10.0 Å². The van der Waals surface area contributed by atoms with E-state index in [2.05, 4.69) is 33.0 Å². The maximum absolute atomic E-state index is 13.7. The zero-order valence-corrected chi connectivity index (χ0v) is 37.4. The number of nitrogens with zero attached hydrogens (tertiary/aromatic N) is 1. The second-order valence-electron chi connectivity index (χ2n) is 20.2. The summed E-state index contributed by atoms with van der Waals surface area (Å²) in [5, 5.41) is 18.3. The Morgan fingerprint density at radius 1 is 0.792 bits per heavy atom. The SMILES string of the molecule is CC(=O)C(C)(C)CC(C)(C)C(C)(C)OCCC(C)(C)OCCN(C)C(C)(C)C(=O)CCC(NC(C)(C)C(=O)C(C)(C)CC(C)(C)CS(N)(=O)=O)C(=O)O. The van der Waals surface area contributed by atoms with Gasteiger partial charge in [0.1, 0.15) is 11.8 Å². The van der Waals surface area contributed by atoms with Crippen LogP contribution in [0.2, 0.25) is 0 Å². The maximum atomic E-state index is 13.7. The Morgan fingerprint density at radius 3 is 1.75 bits per heavy atom. The molecule has 0 amide bonds. The maximum Gasteiger partial charge on any atom is 0.320 e. The Morgan fingerprint density at radius 2 is 1.30 bits per heavy atom. The van der Waals surface area contributed by atoms with E-state index in [0.717, 1.165) is 0 Å². The molecule has 1 atom stereocenters. The molecule has 0 spiro atoms. The Labute approximate surface area is 322 Å². The first-order valence-electron chi connectivity index (χ1n) is 18.8. The zero-order valence-electron chi connectivity index (χ0n) is 36.6. The first kappa shape index (κ1) is 51.2. The van der Waals surface area contributed by atoms with Gasteiger partial charge in [-0.2, -0.15) is 0 Å².